The van der Waals surface area contributed by atoms with Crippen molar-refractivity contribution in [3.8, 4) is 44.5 Å². The van der Waals surface area contributed by atoms with Gasteiger partial charge in [0.2, 0.25) is 0 Å². The molecule has 0 saturated carbocycles. The lowest BCUT2D eigenvalue weighted by molar-refractivity contribution is 0.660. The molecule has 0 saturated heterocycles. The summed E-state index contributed by atoms with van der Waals surface area (Å²) in [5.41, 5.74) is 13.1. The summed E-state index contributed by atoms with van der Waals surface area (Å²) < 4.78 is 5.42. The molecule has 13 rings (SSSR count). The summed E-state index contributed by atoms with van der Waals surface area (Å²) in [6, 6.07) is 68.6. The molecule has 2 heteroatoms. The van der Waals surface area contributed by atoms with Gasteiger partial charge in [-0.05, 0) is 113 Å². The maximum atomic E-state index is 2.51. The maximum absolute atomic E-state index is 2.51. The fourth-order valence-corrected chi connectivity index (χ4v) is 13.0. The molecule has 0 aliphatic heterocycles. The van der Waals surface area contributed by atoms with E-state index in [1.165, 1.54) is 128 Å². The van der Waals surface area contributed by atoms with Crippen LogP contribution < -0.4 is 0 Å². The highest BCUT2D eigenvalue weighted by Crippen LogP contribution is 2.54. The lowest BCUT2D eigenvalue weighted by Crippen LogP contribution is -2.15. The number of hydrogen-bond acceptors (Lipinski definition) is 2. The molecule has 1 aliphatic carbocycles. The monoisotopic (exact) mass is 784 g/mol. The van der Waals surface area contributed by atoms with Crippen molar-refractivity contribution in [3.63, 3.8) is 0 Å². The molecule has 0 spiro atoms. The van der Waals surface area contributed by atoms with E-state index in [4.69, 9.17) is 0 Å². The first-order valence-electron chi connectivity index (χ1n) is 20.5. The summed E-state index contributed by atoms with van der Waals surface area (Å²) in [5.74, 6) is 0. The fraction of sp³-hybridized carbons (Fsp3) is 0.0526. The molecule has 0 unspecified atom stereocenters. The van der Waals surface area contributed by atoms with Gasteiger partial charge in [-0.15, -0.1) is 22.7 Å². The van der Waals surface area contributed by atoms with Gasteiger partial charge in [0.25, 0.3) is 0 Å². The quantitative estimate of drug-likeness (QED) is 0.157. The number of rotatable bonds is 3. The highest BCUT2D eigenvalue weighted by Gasteiger charge is 2.36. The van der Waals surface area contributed by atoms with Gasteiger partial charge in [0.15, 0.2) is 0 Å². The van der Waals surface area contributed by atoms with Crippen molar-refractivity contribution in [1.29, 1.82) is 0 Å². The maximum Gasteiger partial charge on any atom is 0.0441 e. The molecule has 2 aromatic heterocycles. The van der Waals surface area contributed by atoms with Crippen molar-refractivity contribution in [1.82, 2.24) is 0 Å². The third-order valence-electron chi connectivity index (χ3n) is 13.3. The molecule has 0 amide bonds. The third kappa shape index (κ3) is 4.65. The molecular weight excluding hydrogens is 749 g/mol. The molecule has 0 atom stereocenters. The summed E-state index contributed by atoms with van der Waals surface area (Å²) in [4.78, 5) is 0. The zero-order valence-corrected chi connectivity index (χ0v) is 34.3. The number of hydrogen-bond donors (Lipinski definition) is 0. The topological polar surface area (TPSA) is 0 Å². The van der Waals surface area contributed by atoms with Gasteiger partial charge in [0.1, 0.15) is 0 Å². The van der Waals surface area contributed by atoms with E-state index in [-0.39, 0.29) is 5.41 Å². The fourth-order valence-electron chi connectivity index (χ4n) is 10.6. The van der Waals surface area contributed by atoms with Crippen LogP contribution in [0.1, 0.15) is 25.0 Å². The summed E-state index contributed by atoms with van der Waals surface area (Å²) in [7, 11) is 0. The predicted molar refractivity (Wildman–Crippen MR) is 259 cm³/mol. The Labute approximate surface area is 350 Å². The van der Waals surface area contributed by atoms with E-state index >= 15 is 0 Å². The lowest BCUT2D eigenvalue weighted by atomic mass is 9.80. The SMILES string of the molecule is CC1(C)c2ccc(-c3c4sc5ccccc5c4cc4sc5ccccc5c34)cc2-c2ccc(-c3c4ccccc4c(-c4cccc5ccccc45)c4ccccc34)cc21. The molecule has 0 radical (unpaired) electrons. The largest absolute Gasteiger partial charge is 0.135 e. The number of thiophene rings is 2. The van der Waals surface area contributed by atoms with Gasteiger partial charge >= 0.3 is 0 Å². The predicted octanol–water partition coefficient (Wildman–Crippen LogP) is 17.2. The van der Waals surface area contributed by atoms with Crippen molar-refractivity contribution in [2.45, 2.75) is 19.3 Å². The lowest BCUT2D eigenvalue weighted by Gasteiger charge is -2.23. The highest BCUT2D eigenvalue weighted by molar-refractivity contribution is 7.28. The van der Waals surface area contributed by atoms with E-state index in [0.717, 1.165) is 0 Å². The highest BCUT2D eigenvalue weighted by atomic mass is 32.1. The molecule has 0 bridgehead atoms. The zero-order chi connectivity index (χ0) is 39.0. The Bertz CT molecular complexity index is 3690. The van der Waals surface area contributed by atoms with Crippen LogP contribution in [0.4, 0.5) is 0 Å². The van der Waals surface area contributed by atoms with E-state index in [1.807, 2.05) is 22.7 Å². The van der Waals surface area contributed by atoms with Crippen molar-refractivity contribution < 1.29 is 0 Å². The standard InChI is InChI=1S/C57H36S2/c1-57(2)47-29-27-34(53-55-44-22-10-12-25-50(44)58-51(55)32-46-38-17-9-11-24-49(38)59-56(46)53)30-45(47)37-28-26-35(31-48(37)57)52-40-18-5-7-20-42(40)54(43-21-8-6-19-41(43)52)39-23-13-15-33-14-3-4-16-36(33)39/h3-32H,1-2H3. The second-order valence-corrected chi connectivity index (χ2v) is 18.8. The second kappa shape index (κ2) is 12.2. The van der Waals surface area contributed by atoms with Crippen LogP contribution in [0.2, 0.25) is 0 Å². The molecular formula is C57H36S2. The van der Waals surface area contributed by atoms with Crippen molar-refractivity contribution in [2.24, 2.45) is 0 Å². The van der Waals surface area contributed by atoms with Crippen molar-refractivity contribution in [2.75, 3.05) is 0 Å². The van der Waals surface area contributed by atoms with Gasteiger partial charge in [-0.25, -0.2) is 0 Å². The van der Waals surface area contributed by atoms with Gasteiger partial charge in [0, 0.05) is 51.3 Å². The van der Waals surface area contributed by atoms with Gasteiger partial charge in [0.05, 0.1) is 0 Å². The summed E-state index contributed by atoms with van der Waals surface area (Å²) >= 11 is 3.85. The molecule has 10 aromatic carbocycles. The van der Waals surface area contributed by atoms with Crippen LogP contribution in [0.25, 0.3) is 117 Å². The first-order chi connectivity index (χ1) is 29.0. The summed E-state index contributed by atoms with van der Waals surface area (Å²) in [6.07, 6.45) is 0. The van der Waals surface area contributed by atoms with Crippen LogP contribution in [0.5, 0.6) is 0 Å². The Morgan fingerprint density at radius 2 is 0.915 bits per heavy atom. The normalized spacial score (nSPS) is 13.4. The summed E-state index contributed by atoms with van der Waals surface area (Å²) in [6.45, 7) is 4.83. The second-order valence-electron chi connectivity index (χ2n) is 16.7. The minimum atomic E-state index is -0.165. The number of fused-ring (bicyclic) bond motifs is 12. The first kappa shape index (κ1) is 33.4. The molecule has 0 nitrogen and oxygen atoms in total. The molecule has 276 valence electrons. The molecule has 0 fully saturated rings. The van der Waals surface area contributed by atoms with Gasteiger partial charge in [-0.2, -0.15) is 0 Å². The van der Waals surface area contributed by atoms with Gasteiger partial charge in [-0.3, -0.25) is 0 Å². The van der Waals surface area contributed by atoms with Crippen molar-refractivity contribution in [3.05, 3.63) is 193 Å². The Hall–Kier alpha value is -6.58. The van der Waals surface area contributed by atoms with Crippen LogP contribution in [-0.4, -0.2) is 0 Å². The zero-order valence-electron chi connectivity index (χ0n) is 32.6. The van der Waals surface area contributed by atoms with E-state index in [9.17, 15) is 0 Å². The van der Waals surface area contributed by atoms with Crippen LogP contribution in [-0.2, 0) is 5.41 Å². The van der Waals surface area contributed by atoms with Gasteiger partial charge in [-0.1, -0.05) is 166 Å². The van der Waals surface area contributed by atoms with Crippen molar-refractivity contribution >= 4 is 95.3 Å². The molecule has 0 N–H and O–H groups in total. The number of benzene rings is 10. The molecule has 2 heterocycles. The molecule has 59 heavy (non-hydrogen) atoms. The summed E-state index contributed by atoms with van der Waals surface area (Å²) in [5, 5.41) is 13.1. The van der Waals surface area contributed by atoms with Crippen LogP contribution >= 0.6 is 22.7 Å². The Morgan fingerprint density at radius 1 is 0.339 bits per heavy atom. The Kier molecular flexibility index (Phi) is 6.92. The average molecular weight is 785 g/mol. The van der Waals surface area contributed by atoms with E-state index in [0.29, 0.717) is 0 Å². The molecule has 1 aliphatic rings. The average Bonchev–Trinajstić information content (AvgIpc) is 3.91. The Morgan fingerprint density at radius 3 is 1.66 bits per heavy atom. The van der Waals surface area contributed by atoms with Gasteiger partial charge < -0.3 is 0 Å². The smallest absolute Gasteiger partial charge is 0.0441 e. The minimum absolute atomic E-state index is 0.165. The van der Waals surface area contributed by atoms with Crippen LogP contribution in [0.3, 0.4) is 0 Å². The first-order valence-corrected chi connectivity index (χ1v) is 22.1. The van der Waals surface area contributed by atoms with E-state index < -0.39 is 0 Å². The minimum Gasteiger partial charge on any atom is -0.135 e. The van der Waals surface area contributed by atoms with E-state index in [2.05, 4.69) is 196 Å². The molecule has 12 aromatic rings. The van der Waals surface area contributed by atoms with Crippen LogP contribution in [0, 0.1) is 0 Å². The Balaban J connectivity index is 1.04. The third-order valence-corrected chi connectivity index (χ3v) is 15.6. The van der Waals surface area contributed by atoms with Crippen LogP contribution in [0.15, 0.2) is 182 Å². The van der Waals surface area contributed by atoms with E-state index in [1.54, 1.807) is 0 Å².